The monoisotopic (exact) mass is 381 g/mol. The Morgan fingerprint density at radius 1 is 0.964 bits per heavy atom. The van der Waals surface area contributed by atoms with E-state index in [1.54, 1.807) is 6.07 Å². The lowest BCUT2D eigenvalue weighted by Crippen LogP contribution is -2.32. The normalized spacial score (nSPS) is 10.4. The number of ether oxygens (including phenoxy) is 2. The van der Waals surface area contributed by atoms with Crippen molar-refractivity contribution in [3.8, 4) is 22.9 Å². The molecule has 0 saturated heterocycles. The number of benzene rings is 2. The summed E-state index contributed by atoms with van der Waals surface area (Å²) in [5, 5.41) is 10.9. The molecule has 0 aliphatic rings. The molecular formula is C21H20FN3O3. The van der Waals surface area contributed by atoms with Gasteiger partial charge in [0.25, 0.3) is 5.91 Å². The number of aryl methyl sites for hydroxylation is 1. The minimum absolute atomic E-state index is 0.156. The van der Waals surface area contributed by atoms with Crippen LogP contribution in [0.5, 0.6) is 11.6 Å². The van der Waals surface area contributed by atoms with Gasteiger partial charge in [-0.1, -0.05) is 29.8 Å². The number of nitrogens with one attached hydrogen (secondary N) is 1. The van der Waals surface area contributed by atoms with Crippen LogP contribution in [0.4, 0.5) is 4.39 Å². The van der Waals surface area contributed by atoms with Crippen molar-refractivity contribution < 1.29 is 18.7 Å². The van der Waals surface area contributed by atoms with Crippen molar-refractivity contribution in [2.75, 3.05) is 19.8 Å². The van der Waals surface area contributed by atoms with Gasteiger partial charge < -0.3 is 14.8 Å². The molecule has 6 nitrogen and oxygen atoms in total. The van der Waals surface area contributed by atoms with Crippen molar-refractivity contribution in [2.45, 2.75) is 6.92 Å². The van der Waals surface area contributed by atoms with Gasteiger partial charge in [-0.05, 0) is 37.3 Å². The summed E-state index contributed by atoms with van der Waals surface area (Å²) in [6.45, 7) is 2.42. The van der Waals surface area contributed by atoms with E-state index < -0.39 is 0 Å². The van der Waals surface area contributed by atoms with Gasteiger partial charge in [-0.3, -0.25) is 4.79 Å². The molecule has 0 spiro atoms. The van der Waals surface area contributed by atoms with E-state index in [9.17, 15) is 9.18 Å². The molecule has 0 radical (unpaired) electrons. The van der Waals surface area contributed by atoms with E-state index in [1.807, 2.05) is 37.3 Å². The lowest BCUT2D eigenvalue weighted by Gasteiger charge is -2.08. The molecule has 0 unspecified atom stereocenters. The summed E-state index contributed by atoms with van der Waals surface area (Å²) in [6, 6.07) is 17.1. The number of hydrogen-bond donors (Lipinski definition) is 1. The first kappa shape index (κ1) is 19.3. The molecule has 0 saturated carbocycles. The van der Waals surface area contributed by atoms with Gasteiger partial charge in [0.15, 0.2) is 6.61 Å². The van der Waals surface area contributed by atoms with Crippen LogP contribution in [0.2, 0.25) is 0 Å². The second kappa shape index (κ2) is 9.45. The molecule has 0 aliphatic carbocycles. The molecule has 1 heterocycles. The lowest BCUT2D eigenvalue weighted by molar-refractivity contribution is -0.123. The van der Waals surface area contributed by atoms with Gasteiger partial charge in [-0.2, -0.15) is 0 Å². The molecule has 0 aliphatic heterocycles. The minimum atomic E-state index is -0.357. The van der Waals surface area contributed by atoms with E-state index in [-0.39, 0.29) is 24.9 Å². The van der Waals surface area contributed by atoms with E-state index in [2.05, 4.69) is 15.5 Å². The quantitative estimate of drug-likeness (QED) is 0.607. The Hall–Kier alpha value is -3.48. The Bertz CT molecular complexity index is 898. The van der Waals surface area contributed by atoms with Crippen molar-refractivity contribution >= 4 is 5.91 Å². The zero-order valence-corrected chi connectivity index (χ0v) is 15.4. The van der Waals surface area contributed by atoms with Gasteiger partial charge in [-0.25, -0.2) is 4.39 Å². The van der Waals surface area contributed by atoms with Crippen LogP contribution >= 0.6 is 0 Å². The van der Waals surface area contributed by atoms with Gasteiger partial charge in [0.05, 0.1) is 12.2 Å². The molecule has 1 amide bonds. The molecule has 0 bridgehead atoms. The zero-order chi connectivity index (χ0) is 19.8. The summed E-state index contributed by atoms with van der Waals surface area (Å²) in [5.74, 6) is 0.155. The highest BCUT2D eigenvalue weighted by atomic mass is 19.1. The van der Waals surface area contributed by atoms with Crippen LogP contribution in [0.25, 0.3) is 11.3 Å². The van der Waals surface area contributed by atoms with Crippen molar-refractivity contribution in [3.63, 3.8) is 0 Å². The van der Waals surface area contributed by atoms with Crippen molar-refractivity contribution in [1.29, 1.82) is 0 Å². The van der Waals surface area contributed by atoms with Crippen LogP contribution in [-0.2, 0) is 4.79 Å². The molecule has 2 aromatic carbocycles. The van der Waals surface area contributed by atoms with Crippen LogP contribution < -0.4 is 14.8 Å². The largest absolute Gasteiger partial charge is 0.484 e. The van der Waals surface area contributed by atoms with Gasteiger partial charge >= 0.3 is 0 Å². The van der Waals surface area contributed by atoms with E-state index in [4.69, 9.17) is 9.47 Å². The third kappa shape index (κ3) is 5.77. The summed E-state index contributed by atoms with van der Waals surface area (Å²) in [5.41, 5.74) is 2.93. The van der Waals surface area contributed by atoms with Crippen molar-refractivity contribution in [3.05, 3.63) is 72.0 Å². The average molecular weight is 381 g/mol. The van der Waals surface area contributed by atoms with Crippen LogP contribution in [0.1, 0.15) is 5.56 Å². The molecule has 28 heavy (non-hydrogen) atoms. The van der Waals surface area contributed by atoms with Crippen molar-refractivity contribution in [2.24, 2.45) is 0 Å². The van der Waals surface area contributed by atoms with E-state index in [1.165, 1.54) is 29.8 Å². The molecular weight excluding hydrogens is 361 g/mol. The topological polar surface area (TPSA) is 73.3 Å². The molecule has 3 rings (SSSR count). The van der Waals surface area contributed by atoms with Gasteiger partial charge in [0, 0.05) is 11.6 Å². The summed E-state index contributed by atoms with van der Waals surface area (Å²) in [7, 11) is 0. The van der Waals surface area contributed by atoms with E-state index >= 15 is 0 Å². The van der Waals surface area contributed by atoms with Crippen LogP contribution in [0.3, 0.4) is 0 Å². The fourth-order valence-electron chi connectivity index (χ4n) is 2.35. The van der Waals surface area contributed by atoms with Gasteiger partial charge in [0.1, 0.15) is 18.2 Å². The predicted octanol–water partition coefficient (Wildman–Crippen LogP) is 3.17. The Morgan fingerprint density at radius 2 is 1.71 bits per heavy atom. The highest BCUT2D eigenvalue weighted by molar-refractivity contribution is 5.77. The fraction of sp³-hybridized carbons (Fsp3) is 0.190. The number of carbonyl (C=O) groups excluding carboxylic acids is 1. The lowest BCUT2D eigenvalue weighted by atomic mass is 10.1. The van der Waals surface area contributed by atoms with Gasteiger partial charge in [-0.15, -0.1) is 10.2 Å². The average Bonchev–Trinajstić information content (AvgIpc) is 2.72. The van der Waals surface area contributed by atoms with E-state index in [0.717, 1.165) is 11.3 Å². The first-order valence-corrected chi connectivity index (χ1v) is 8.79. The fourth-order valence-corrected chi connectivity index (χ4v) is 2.35. The number of rotatable bonds is 8. The van der Waals surface area contributed by atoms with Crippen molar-refractivity contribution in [1.82, 2.24) is 15.5 Å². The maximum absolute atomic E-state index is 12.8. The Labute approximate surface area is 162 Å². The maximum atomic E-state index is 12.8. The molecule has 1 N–H and O–H groups in total. The first-order chi connectivity index (χ1) is 13.6. The summed E-state index contributed by atoms with van der Waals surface area (Å²) < 4.78 is 23.5. The number of halogens is 1. The maximum Gasteiger partial charge on any atom is 0.258 e. The second-order valence-electron chi connectivity index (χ2n) is 6.06. The third-order valence-corrected chi connectivity index (χ3v) is 3.85. The molecule has 0 fully saturated rings. The zero-order valence-electron chi connectivity index (χ0n) is 15.4. The summed E-state index contributed by atoms with van der Waals surface area (Å²) >= 11 is 0. The Kier molecular flexibility index (Phi) is 6.51. The number of aromatic nitrogens is 2. The highest BCUT2D eigenvalue weighted by Crippen LogP contribution is 2.18. The number of nitrogens with zero attached hydrogens (tertiary/aromatic N) is 2. The summed E-state index contributed by atoms with van der Waals surface area (Å²) in [6.07, 6.45) is 0. The number of carbonyl (C=O) groups is 1. The molecule has 144 valence electrons. The molecule has 7 heteroatoms. The Morgan fingerprint density at radius 3 is 2.39 bits per heavy atom. The highest BCUT2D eigenvalue weighted by Gasteiger charge is 2.04. The summed E-state index contributed by atoms with van der Waals surface area (Å²) in [4.78, 5) is 11.7. The number of amides is 1. The smallest absolute Gasteiger partial charge is 0.258 e. The first-order valence-electron chi connectivity index (χ1n) is 8.79. The number of hydrogen-bond acceptors (Lipinski definition) is 5. The molecule has 0 atom stereocenters. The van der Waals surface area contributed by atoms with Crippen LogP contribution in [0.15, 0.2) is 60.7 Å². The second-order valence-corrected chi connectivity index (χ2v) is 6.06. The van der Waals surface area contributed by atoms with Crippen LogP contribution in [-0.4, -0.2) is 35.9 Å². The molecule has 1 aromatic heterocycles. The SMILES string of the molecule is Cc1ccc(-c2ccc(OCCNC(=O)COc3ccc(F)cc3)nn2)cc1. The predicted molar refractivity (Wildman–Crippen MR) is 103 cm³/mol. The molecule has 3 aromatic rings. The third-order valence-electron chi connectivity index (χ3n) is 3.85. The van der Waals surface area contributed by atoms with E-state index in [0.29, 0.717) is 18.2 Å². The Balaban J connectivity index is 1.37. The van der Waals surface area contributed by atoms with Crippen LogP contribution in [0, 0.1) is 12.7 Å². The minimum Gasteiger partial charge on any atom is -0.484 e. The standard InChI is InChI=1S/C21H20FN3O3/c1-15-2-4-16(5-3-15)19-10-11-21(25-24-19)27-13-12-23-20(26)14-28-18-8-6-17(22)7-9-18/h2-11H,12-14H2,1H3,(H,23,26). The van der Waals surface area contributed by atoms with Gasteiger partial charge in [0.2, 0.25) is 5.88 Å².